The first-order chi connectivity index (χ1) is 9.15. The van der Waals surface area contributed by atoms with E-state index < -0.39 is 11.4 Å². The van der Waals surface area contributed by atoms with E-state index in [1.165, 1.54) is 24.1 Å². The quantitative estimate of drug-likeness (QED) is 0.631. The van der Waals surface area contributed by atoms with Gasteiger partial charge in [-0.1, -0.05) is 0 Å². The third-order valence-corrected chi connectivity index (χ3v) is 3.27. The van der Waals surface area contributed by atoms with E-state index in [-0.39, 0.29) is 5.69 Å². The van der Waals surface area contributed by atoms with Crippen LogP contribution in [-0.2, 0) is 4.74 Å². The average molecular weight is 276 g/mol. The summed E-state index contributed by atoms with van der Waals surface area (Å²) in [7, 11) is 1.22. The smallest absolute Gasteiger partial charge is 0.362 e. The van der Waals surface area contributed by atoms with Gasteiger partial charge in [0, 0.05) is 17.2 Å². The second-order valence-corrected chi connectivity index (χ2v) is 4.54. The number of carbonyl (C=O) groups excluding carboxylic acids is 1. The highest BCUT2D eigenvalue weighted by atomic mass is 32.2. The Morgan fingerprint density at radius 3 is 2.53 bits per heavy atom. The molecule has 0 aliphatic carbocycles. The molecule has 0 unspecified atom stereocenters. The van der Waals surface area contributed by atoms with Gasteiger partial charge in [0.1, 0.15) is 0 Å². The fourth-order valence-electron chi connectivity index (χ4n) is 1.52. The maximum absolute atomic E-state index is 11.5. The largest absolute Gasteiger partial charge is 0.464 e. The number of ether oxygens (including phenoxy) is 1. The zero-order valence-corrected chi connectivity index (χ0v) is 11.3. The lowest BCUT2D eigenvalue weighted by Crippen LogP contribution is -2.21. The van der Waals surface area contributed by atoms with Gasteiger partial charge in [-0.25, -0.2) is 9.48 Å². The number of rotatable bonds is 3. The van der Waals surface area contributed by atoms with Crippen molar-refractivity contribution in [2.75, 3.05) is 13.4 Å². The van der Waals surface area contributed by atoms with Crippen LogP contribution >= 0.6 is 11.8 Å². The average Bonchev–Trinajstić information content (AvgIpc) is 2.47. The topological polar surface area (TPSA) is 61.2 Å². The molecule has 5 nitrogen and oxygen atoms in total. The lowest BCUT2D eigenvalue weighted by molar-refractivity contribution is 0.0590. The number of nitrogens with zero attached hydrogens (tertiary/aromatic N) is 2. The van der Waals surface area contributed by atoms with E-state index in [0.29, 0.717) is 0 Å². The molecule has 0 spiro atoms. The number of hydrogen-bond donors (Lipinski definition) is 0. The molecule has 0 N–H and O–H groups in total. The minimum Gasteiger partial charge on any atom is -0.464 e. The third-order valence-electron chi connectivity index (χ3n) is 2.52. The van der Waals surface area contributed by atoms with Gasteiger partial charge in [0.05, 0.1) is 12.8 Å². The Kier molecular flexibility index (Phi) is 4.01. The summed E-state index contributed by atoms with van der Waals surface area (Å²) in [6, 6.07) is 8.91. The Morgan fingerprint density at radius 2 is 1.95 bits per heavy atom. The lowest BCUT2D eigenvalue weighted by atomic mass is 10.3. The number of thioether (sulfide) groups is 1. The molecule has 6 heteroatoms. The monoisotopic (exact) mass is 276 g/mol. The van der Waals surface area contributed by atoms with Gasteiger partial charge >= 0.3 is 5.97 Å². The SMILES string of the molecule is COC(=O)c1nn(-c2ccc(SC)cc2)ccc1=O. The van der Waals surface area contributed by atoms with Gasteiger partial charge in [-0.2, -0.15) is 5.10 Å². The van der Waals surface area contributed by atoms with E-state index in [4.69, 9.17) is 0 Å². The van der Waals surface area contributed by atoms with E-state index in [1.54, 1.807) is 11.8 Å². The fraction of sp³-hybridized carbons (Fsp3) is 0.154. The molecule has 1 heterocycles. The van der Waals surface area contributed by atoms with Crippen LogP contribution in [-0.4, -0.2) is 29.1 Å². The van der Waals surface area contributed by atoms with E-state index in [9.17, 15) is 9.59 Å². The summed E-state index contributed by atoms with van der Waals surface area (Å²) < 4.78 is 6.00. The third kappa shape index (κ3) is 2.85. The van der Waals surface area contributed by atoms with Gasteiger partial charge < -0.3 is 4.74 Å². The van der Waals surface area contributed by atoms with Crippen LogP contribution in [0.4, 0.5) is 0 Å². The highest BCUT2D eigenvalue weighted by Crippen LogP contribution is 2.16. The van der Waals surface area contributed by atoms with Crippen LogP contribution < -0.4 is 5.43 Å². The van der Waals surface area contributed by atoms with Crippen molar-refractivity contribution in [3.8, 4) is 5.69 Å². The highest BCUT2D eigenvalue weighted by molar-refractivity contribution is 7.98. The van der Waals surface area contributed by atoms with Crippen molar-refractivity contribution < 1.29 is 9.53 Å². The molecule has 0 aliphatic rings. The minimum absolute atomic E-state index is 0.223. The summed E-state index contributed by atoms with van der Waals surface area (Å²) in [5, 5.41) is 3.99. The Morgan fingerprint density at radius 1 is 1.26 bits per heavy atom. The number of benzene rings is 1. The van der Waals surface area contributed by atoms with Crippen LogP contribution in [0, 0.1) is 0 Å². The summed E-state index contributed by atoms with van der Waals surface area (Å²) in [5.74, 6) is -0.736. The maximum Gasteiger partial charge on any atom is 0.362 e. The second kappa shape index (κ2) is 5.71. The fourth-order valence-corrected chi connectivity index (χ4v) is 1.93. The molecular formula is C13H12N2O3S. The standard InChI is InChI=1S/C13H12N2O3S/c1-18-13(17)12-11(16)7-8-15(14-12)9-3-5-10(19-2)6-4-9/h3-8H,1-2H3. The van der Waals surface area contributed by atoms with Crippen molar-refractivity contribution in [3.05, 3.63) is 52.4 Å². The number of carbonyl (C=O) groups is 1. The Hall–Kier alpha value is -2.08. The second-order valence-electron chi connectivity index (χ2n) is 3.66. The molecule has 1 aromatic carbocycles. The molecule has 0 saturated carbocycles. The normalized spacial score (nSPS) is 10.2. The summed E-state index contributed by atoms with van der Waals surface area (Å²) in [4.78, 5) is 24.1. The van der Waals surface area contributed by atoms with Crippen molar-refractivity contribution >= 4 is 17.7 Å². The summed E-state index contributed by atoms with van der Waals surface area (Å²) >= 11 is 1.63. The maximum atomic E-state index is 11.5. The van der Waals surface area contributed by atoms with Gasteiger partial charge in [0.2, 0.25) is 11.1 Å². The number of methoxy groups -OCH3 is 1. The van der Waals surface area contributed by atoms with Crippen molar-refractivity contribution in [3.63, 3.8) is 0 Å². The molecule has 19 heavy (non-hydrogen) atoms. The van der Waals surface area contributed by atoms with E-state index in [1.807, 2.05) is 30.5 Å². The van der Waals surface area contributed by atoms with Crippen molar-refractivity contribution in [2.24, 2.45) is 0 Å². The van der Waals surface area contributed by atoms with Crippen molar-refractivity contribution in [2.45, 2.75) is 4.90 Å². The van der Waals surface area contributed by atoms with Crippen LogP contribution in [0.2, 0.25) is 0 Å². The van der Waals surface area contributed by atoms with Crippen LogP contribution in [0.15, 0.2) is 46.2 Å². The van der Waals surface area contributed by atoms with Crippen molar-refractivity contribution in [1.29, 1.82) is 0 Å². The first-order valence-electron chi connectivity index (χ1n) is 5.48. The highest BCUT2D eigenvalue weighted by Gasteiger charge is 2.13. The van der Waals surface area contributed by atoms with Crippen LogP contribution in [0.3, 0.4) is 0 Å². The van der Waals surface area contributed by atoms with Crippen LogP contribution in [0.5, 0.6) is 0 Å². The van der Waals surface area contributed by atoms with Crippen molar-refractivity contribution in [1.82, 2.24) is 9.78 Å². The molecule has 0 radical (unpaired) electrons. The van der Waals surface area contributed by atoms with Gasteiger partial charge in [-0.05, 0) is 30.5 Å². The minimum atomic E-state index is -0.736. The molecule has 1 aromatic heterocycles. The summed E-state index contributed by atoms with van der Waals surface area (Å²) in [6.45, 7) is 0. The predicted octanol–water partition coefficient (Wildman–Crippen LogP) is 1.74. The molecule has 98 valence electrons. The van der Waals surface area contributed by atoms with Gasteiger partial charge in [-0.15, -0.1) is 11.8 Å². The molecule has 2 rings (SSSR count). The Bertz CT molecular complexity index is 650. The van der Waals surface area contributed by atoms with E-state index >= 15 is 0 Å². The van der Waals surface area contributed by atoms with Gasteiger partial charge in [-0.3, -0.25) is 4.79 Å². The number of hydrogen-bond acceptors (Lipinski definition) is 5. The first kappa shape index (κ1) is 13.4. The molecule has 0 amide bonds. The molecule has 0 atom stereocenters. The number of esters is 1. The van der Waals surface area contributed by atoms with Crippen LogP contribution in [0.25, 0.3) is 5.69 Å². The van der Waals surface area contributed by atoms with Gasteiger partial charge in [0.25, 0.3) is 0 Å². The zero-order valence-electron chi connectivity index (χ0n) is 10.5. The van der Waals surface area contributed by atoms with E-state index in [0.717, 1.165) is 10.6 Å². The molecular weight excluding hydrogens is 264 g/mol. The lowest BCUT2D eigenvalue weighted by Gasteiger charge is -2.07. The molecule has 2 aromatic rings. The van der Waals surface area contributed by atoms with Crippen LogP contribution in [0.1, 0.15) is 10.5 Å². The Labute approximate surface area is 114 Å². The zero-order chi connectivity index (χ0) is 13.8. The van der Waals surface area contributed by atoms with Gasteiger partial charge in [0.15, 0.2) is 0 Å². The molecule has 0 saturated heterocycles. The summed E-state index contributed by atoms with van der Waals surface area (Å²) in [5.41, 5.74) is 0.0886. The molecule has 0 bridgehead atoms. The molecule has 0 aliphatic heterocycles. The van der Waals surface area contributed by atoms with E-state index in [2.05, 4.69) is 9.84 Å². The predicted molar refractivity (Wildman–Crippen MR) is 73.0 cm³/mol. The summed E-state index contributed by atoms with van der Waals surface area (Å²) in [6.07, 6.45) is 3.50. The first-order valence-corrected chi connectivity index (χ1v) is 6.71. The number of aromatic nitrogens is 2. The Balaban J connectivity index is 2.45. The molecule has 0 fully saturated rings.